The van der Waals surface area contributed by atoms with Crippen LogP contribution in [0, 0.1) is 0 Å². The van der Waals surface area contributed by atoms with Gasteiger partial charge in [-0.15, -0.1) is 10.2 Å². The van der Waals surface area contributed by atoms with Crippen molar-refractivity contribution < 1.29 is 4.42 Å². The summed E-state index contributed by atoms with van der Waals surface area (Å²) < 4.78 is 6.42. The van der Waals surface area contributed by atoms with Crippen LogP contribution in [-0.4, -0.2) is 29.9 Å². The highest BCUT2D eigenvalue weighted by molar-refractivity contribution is 6.19. The molecule has 0 N–H and O–H groups in total. The fourth-order valence-corrected chi connectivity index (χ4v) is 7.37. The Bertz CT molecular complexity index is 3190. The van der Waals surface area contributed by atoms with Crippen molar-refractivity contribution in [3.63, 3.8) is 0 Å². The van der Waals surface area contributed by atoms with Crippen molar-refractivity contribution in [1.82, 2.24) is 29.9 Å². The Hall–Kier alpha value is -7.25. The lowest BCUT2D eigenvalue weighted by Gasteiger charge is -2.11. The quantitative estimate of drug-likeness (QED) is 0.174. The third kappa shape index (κ3) is 4.50. The number of nitrogens with zero attached hydrogens (tertiary/aromatic N) is 6. The Morgan fingerprint density at radius 2 is 1.12 bits per heavy atom. The first-order chi connectivity index (χ1) is 25.7. The van der Waals surface area contributed by atoms with Crippen LogP contribution < -0.4 is 0 Å². The van der Waals surface area contributed by atoms with E-state index in [-0.39, 0.29) is 0 Å². The Balaban J connectivity index is 1.15. The normalized spacial score (nSPS) is 11.8. The number of fused-ring (bicyclic) bond motifs is 9. The third-order valence-electron chi connectivity index (χ3n) is 9.87. The molecule has 0 unspecified atom stereocenters. The van der Waals surface area contributed by atoms with Gasteiger partial charge in [0.2, 0.25) is 0 Å². The molecule has 3 aromatic heterocycles. The number of para-hydroxylation sites is 1. The van der Waals surface area contributed by atoms with Crippen molar-refractivity contribution in [1.29, 1.82) is 0 Å². The van der Waals surface area contributed by atoms with Gasteiger partial charge in [0, 0.05) is 32.8 Å². The number of aromatic nitrogens is 6. The maximum absolute atomic E-state index is 6.42. The van der Waals surface area contributed by atoms with Gasteiger partial charge < -0.3 is 4.42 Å². The van der Waals surface area contributed by atoms with Gasteiger partial charge >= 0.3 is 0 Å². The minimum absolute atomic E-state index is 0.580. The van der Waals surface area contributed by atoms with Crippen molar-refractivity contribution >= 4 is 65.3 Å². The van der Waals surface area contributed by atoms with E-state index in [1.54, 1.807) is 4.80 Å². The van der Waals surface area contributed by atoms with Crippen molar-refractivity contribution in [2.24, 2.45) is 0 Å². The molecule has 0 radical (unpaired) electrons. The van der Waals surface area contributed by atoms with Crippen molar-refractivity contribution in [2.75, 3.05) is 0 Å². The Kier molecular flexibility index (Phi) is 6.12. The summed E-state index contributed by atoms with van der Waals surface area (Å²) in [5.41, 5.74) is 6.88. The van der Waals surface area contributed by atoms with Crippen LogP contribution in [0.1, 0.15) is 0 Å². The Morgan fingerprint density at radius 1 is 0.423 bits per heavy atom. The highest BCUT2D eigenvalue weighted by Crippen LogP contribution is 2.39. The van der Waals surface area contributed by atoms with Crippen LogP contribution in [0.15, 0.2) is 162 Å². The van der Waals surface area contributed by atoms with Crippen LogP contribution in [0.4, 0.5) is 0 Å². The minimum atomic E-state index is 0.580. The molecule has 8 aromatic carbocycles. The lowest BCUT2D eigenvalue weighted by atomic mass is 9.98. The van der Waals surface area contributed by atoms with E-state index in [0.29, 0.717) is 17.5 Å². The predicted octanol–water partition coefficient (Wildman–Crippen LogP) is 11.0. The van der Waals surface area contributed by atoms with Crippen LogP contribution in [0.25, 0.3) is 105 Å². The van der Waals surface area contributed by atoms with Gasteiger partial charge in [-0.25, -0.2) is 15.0 Å². The largest absolute Gasteiger partial charge is 0.456 e. The van der Waals surface area contributed by atoms with E-state index in [1.165, 1.54) is 0 Å². The van der Waals surface area contributed by atoms with Crippen molar-refractivity contribution in [3.8, 4) is 39.9 Å². The van der Waals surface area contributed by atoms with Gasteiger partial charge in [0.05, 0.1) is 5.69 Å². The van der Waals surface area contributed by atoms with E-state index in [0.717, 1.165) is 87.7 Å². The van der Waals surface area contributed by atoms with Crippen molar-refractivity contribution in [2.45, 2.75) is 0 Å². The Morgan fingerprint density at radius 3 is 1.96 bits per heavy atom. The fraction of sp³-hybridized carbons (Fsp3) is 0. The van der Waals surface area contributed by atoms with Crippen LogP contribution in [-0.2, 0) is 0 Å². The molecule has 3 heterocycles. The summed E-state index contributed by atoms with van der Waals surface area (Å²) in [6, 6.07) is 53.6. The number of hydrogen-bond donors (Lipinski definition) is 0. The molecule has 11 aromatic rings. The zero-order chi connectivity index (χ0) is 34.2. The fourth-order valence-electron chi connectivity index (χ4n) is 7.37. The van der Waals surface area contributed by atoms with Gasteiger partial charge in [0.15, 0.2) is 17.5 Å². The molecule has 11 rings (SSSR count). The highest BCUT2D eigenvalue weighted by Gasteiger charge is 2.19. The molecule has 0 amide bonds. The molecule has 0 aliphatic rings. The number of hydrogen-bond acceptors (Lipinski definition) is 6. The highest BCUT2D eigenvalue weighted by atomic mass is 16.3. The molecule has 0 aliphatic carbocycles. The second-order valence-corrected chi connectivity index (χ2v) is 13.0. The van der Waals surface area contributed by atoms with E-state index in [2.05, 4.69) is 72.8 Å². The van der Waals surface area contributed by atoms with Gasteiger partial charge in [-0.3, -0.25) is 0 Å². The molecule has 0 spiro atoms. The Labute approximate surface area is 296 Å². The molecule has 7 nitrogen and oxygen atoms in total. The maximum Gasteiger partial charge on any atom is 0.164 e. The first-order valence-corrected chi connectivity index (χ1v) is 17.2. The first-order valence-electron chi connectivity index (χ1n) is 17.2. The zero-order valence-corrected chi connectivity index (χ0v) is 27.6. The molecule has 242 valence electrons. The van der Waals surface area contributed by atoms with Gasteiger partial charge in [0.25, 0.3) is 0 Å². The van der Waals surface area contributed by atoms with Crippen LogP contribution in [0.3, 0.4) is 0 Å². The van der Waals surface area contributed by atoms with Gasteiger partial charge in [0.1, 0.15) is 22.2 Å². The van der Waals surface area contributed by atoms with Crippen LogP contribution in [0.2, 0.25) is 0 Å². The van der Waals surface area contributed by atoms with Gasteiger partial charge in [-0.05, 0) is 69.4 Å². The molecule has 0 aliphatic heterocycles. The molecule has 0 saturated heterocycles. The molecular formula is C45H26N6O. The summed E-state index contributed by atoms with van der Waals surface area (Å²) in [6.45, 7) is 0. The van der Waals surface area contributed by atoms with Crippen LogP contribution in [0.5, 0.6) is 0 Å². The van der Waals surface area contributed by atoms with Gasteiger partial charge in [-0.2, -0.15) is 4.80 Å². The summed E-state index contributed by atoms with van der Waals surface area (Å²) in [5.74, 6) is 1.76. The second kappa shape index (κ2) is 11.1. The molecule has 0 bridgehead atoms. The second-order valence-electron chi connectivity index (χ2n) is 13.0. The maximum atomic E-state index is 6.42. The van der Waals surface area contributed by atoms with Crippen LogP contribution >= 0.6 is 0 Å². The monoisotopic (exact) mass is 666 g/mol. The molecular weight excluding hydrogens is 641 g/mol. The molecule has 0 fully saturated rings. The standard InChI is InChI=1S/C45H26N6O/c1-3-10-29(11-4-1)43-46-44(48-45(47-43)34-16-9-17-38-41(34)36-24-30-12-7-8-13-31(30)26-39(36)52-38)32-21-19-27-18-20-28-22-23-37-42(40(28)35(27)25-32)50-51(49-37)33-14-5-2-6-15-33/h1-26H. The average molecular weight is 667 g/mol. The molecule has 0 atom stereocenters. The van der Waals surface area contributed by atoms with E-state index in [9.17, 15) is 0 Å². The summed E-state index contributed by atoms with van der Waals surface area (Å²) >= 11 is 0. The number of benzene rings is 8. The van der Waals surface area contributed by atoms with E-state index >= 15 is 0 Å². The molecule has 7 heteroatoms. The van der Waals surface area contributed by atoms with E-state index in [4.69, 9.17) is 29.6 Å². The predicted molar refractivity (Wildman–Crippen MR) is 208 cm³/mol. The average Bonchev–Trinajstić information content (AvgIpc) is 3.82. The summed E-state index contributed by atoms with van der Waals surface area (Å²) in [4.78, 5) is 17.1. The smallest absolute Gasteiger partial charge is 0.164 e. The van der Waals surface area contributed by atoms with E-state index < -0.39 is 0 Å². The zero-order valence-electron chi connectivity index (χ0n) is 27.6. The number of rotatable bonds is 4. The minimum Gasteiger partial charge on any atom is -0.456 e. The lowest BCUT2D eigenvalue weighted by Crippen LogP contribution is -2.00. The summed E-state index contributed by atoms with van der Waals surface area (Å²) in [7, 11) is 0. The molecule has 0 saturated carbocycles. The van der Waals surface area contributed by atoms with E-state index in [1.807, 2.05) is 84.9 Å². The first kappa shape index (κ1) is 28.6. The summed E-state index contributed by atoms with van der Waals surface area (Å²) in [6.07, 6.45) is 0. The van der Waals surface area contributed by atoms with Gasteiger partial charge in [-0.1, -0.05) is 115 Å². The lowest BCUT2D eigenvalue weighted by molar-refractivity contribution is 0.669. The topological polar surface area (TPSA) is 82.5 Å². The SMILES string of the molecule is c1ccc(-c2nc(-c3ccc4ccc5ccc6nn(-c7ccccc7)nc6c5c4c3)nc(-c3cccc4oc5cc6ccccc6cc5c34)n2)cc1. The number of furan rings is 1. The third-order valence-corrected chi connectivity index (χ3v) is 9.87. The summed E-state index contributed by atoms with van der Waals surface area (Å²) in [5, 5.41) is 18.4. The molecule has 52 heavy (non-hydrogen) atoms. The van der Waals surface area contributed by atoms with Crippen molar-refractivity contribution in [3.05, 3.63) is 158 Å².